The summed E-state index contributed by atoms with van der Waals surface area (Å²) in [4.78, 5) is 11.0. The Balaban J connectivity index is 2.18. The van der Waals surface area contributed by atoms with E-state index in [1.807, 2.05) is 0 Å². The van der Waals surface area contributed by atoms with E-state index in [0.717, 1.165) is 11.0 Å². The molecule has 0 unspecified atom stereocenters. The molecule has 1 aromatic rings. The standard InChI is InChI=1S/C9H9BClNO3/c11-7-1-2-8-6(3-7)5-14-10(8)15-9(13)4-12/h1-3H,4-5,12H2. The first-order valence-electron chi connectivity index (χ1n) is 4.50. The van der Waals surface area contributed by atoms with Crippen LogP contribution in [-0.2, 0) is 20.7 Å². The fourth-order valence-electron chi connectivity index (χ4n) is 1.45. The van der Waals surface area contributed by atoms with Crippen LogP contribution in [0.1, 0.15) is 5.56 Å². The minimum absolute atomic E-state index is 0.150. The van der Waals surface area contributed by atoms with E-state index in [1.165, 1.54) is 0 Å². The van der Waals surface area contributed by atoms with Crippen LogP contribution in [0.4, 0.5) is 0 Å². The summed E-state index contributed by atoms with van der Waals surface area (Å²) in [5.74, 6) is -0.484. The van der Waals surface area contributed by atoms with E-state index in [-0.39, 0.29) is 6.54 Å². The number of halogens is 1. The van der Waals surface area contributed by atoms with Gasteiger partial charge >= 0.3 is 13.1 Å². The summed E-state index contributed by atoms with van der Waals surface area (Å²) in [5, 5.41) is 0.642. The lowest BCUT2D eigenvalue weighted by atomic mass is 9.79. The van der Waals surface area contributed by atoms with Crippen molar-refractivity contribution in [1.82, 2.24) is 0 Å². The largest absolute Gasteiger partial charge is 0.565 e. The van der Waals surface area contributed by atoms with Crippen molar-refractivity contribution in [2.24, 2.45) is 5.73 Å². The molecule has 2 N–H and O–H groups in total. The molecule has 0 atom stereocenters. The SMILES string of the molecule is NCC(=O)OB1OCc2cc(Cl)ccc21. The Morgan fingerprint density at radius 3 is 3.20 bits per heavy atom. The van der Waals surface area contributed by atoms with E-state index in [9.17, 15) is 4.79 Å². The Morgan fingerprint density at radius 1 is 1.67 bits per heavy atom. The number of carbonyl (C=O) groups is 1. The minimum Gasteiger partial charge on any atom is -0.505 e. The Bertz CT molecular complexity index is 399. The highest BCUT2D eigenvalue weighted by Crippen LogP contribution is 2.16. The second-order valence-electron chi connectivity index (χ2n) is 3.18. The second kappa shape index (κ2) is 4.22. The Morgan fingerprint density at radius 2 is 2.47 bits per heavy atom. The third-order valence-electron chi connectivity index (χ3n) is 2.15. The fourth-order valence-corrected chi connectivity index (χ4v) is 1.64. The molecular weight excluding hydrogens is 216 g/mol. The summed E-state index contributed by atoms with van der Waals surface area (Å²) in [6.07, 6.45) is 0. The normalized spacial score (nSPS) is 13.9. The van der Waals surface area contributed by atoms with Crippen molar-refractivity contribution in [1.29, 1.82) is 0 Å². The monoisotopic (exact) mass is 225 g/mol. The van der Waals surface area contributed by atoms with Gasteiger partial charge in [0.15, 0.2) is 0 Å². The fraction of sp³-hybridized carbons (Fsp3) is 0.222. The molecule has 1 heterocycles. The third-order valence-corrected chi connectivity index (χ3v) is 2.39. The van der Waals surface area contributed by atoms with Crippen LogP contribution < -0.4 is 11.2 Å². The predicted molar refractivity (Wildman–Crippen MR) is 56.8 cm³/mol. The van der Waals surface area contributed by atoms with Crippen LogP contribution in [0.25, 0.3) is 0 Å². The van der Waals surface area contributed by atoms with Crippen molar-refractivity contribution in [3.05, 3.63) is 28.8 Å². The molecule has 0 aliphatic carbocycles. The third kappa shape index (κ3) is 2.14. The van der Waals surface area contributed by atoms with Crippen molar-refractivity contribution >= 4 is 30.2 Å². The summed E-state index contributed by atoms with van der Waals surface area (Å²) in [6.45, 7) is 0.251. The molecule has 4 nitrogen and oxygen atoms in total. The van der Waals surface area contributed by atoms with Gasteiger partial charge < -0.3 is 15.0 Å². The summed E-state index contributed by atoms with van der Waals surface area (Å²) < 4.78 is 10.3. The molecule has 1 aliphatic heterocycles. The molecule has 1 aliphatic rings. The summed E-state index contributed by atoms with van der Waals surface area (Å²) in [7, 11) is -0.645. The average molecular weight is 225 g/mol. The van der Waals surface area contributed by atoms with Crippen LogP contribution in [0.15, 0.2) is 18.2 Å². The van der Waals surface area contributed by atoms with Gasteiger partial charge in [0, 0.05) is 10.5 Å². The number of benzene rings is 1. The minimum atomic E-state index is -0.645. The number of hydrogen-bond donors (Lipinski definition) is 1. The predicted octanol–water partition coefficient (Wildman–Crippen LogP) is 0.0673. The smallest absolute Gasteiger partial charge is 0.505 e. The van der Waals surface area contributed by atoms with E-state index >= 15 is 0 Å². The highest BCUT2D eigenvalue weighted by molar-refractivity contribution is 6.64. The van der Waals surface area contributed by atoms with E-state index in [1.54, 1.807) is 18.2 Å². The lowest BCUT2D eigenvalue weighted by Gasteiger charge is -2.06. The van der Waals surface area contributed by atoms with Gasteiger partial charge in [-0.3, -0.25) is 4.79 Å². The number of hydrogen-bond acceptors (Lipinski definition) is 4. The van der Waals surface area contributed by atoms with E-state index in [0.29, 0.717) is 11.6 Å². The number of fused-ring (bicyclic) bond motifs is 1. The van der Waals surface area contributed by atoms with Gasteiger partial charge in [-0.2, -0.15) is 0 Å². The van der Waals surface area contributed by atoms with Gasteiger partial charge in [0.1, 0.15) is 0 Å². The molecule has 0 bridgehead atoms. The number of carbonyl (C=O) groups excluding carboxylic acids is 1. The molecule has 15 heavy (non-hydrogen) atoms. The molecule has 0 spiro atoms. The van der Waals surface area contributed by atoms with Gasteiger partial charge in [-0.1, -0.05) is 17.7 Å². The molecule has 0 fully saturated rings. The van der Waals surface area contributed by atoms with E-state index in [2.05, 4.69) is 0 Å². The van der Waals surface area contributed by atoms with Crippen molar-refractivity contribution in [2.45, 2.75) is 6.61 Å². The molecule has 0 radical (unpaired) electrons. The first kappa shape index (κ1) is 10.5. The molecule has 6 heteroatoms. The van der Waals surface area contributed by atoms with Crippen LogP contribution in [0, 0.1) is 0 Å². The van der Waals surface area contributed by atoms with Crippen LogP contribution >= 0.6 is 11.6 Å². The molecule has 2 rings (SSSR count). The molecule has 1 aromatic carbocycles. The second-order valence-corrected chi connectivity index (χ2v) is 3.62. The topological polar surface area (TPSA) is 61.6 Å². The first-order chi connectivity index (χ1) is 7.20. The highest BCUT2D eigenvalue weighted by Gasteiger charge is 2.33. The molecule has 0 aromatic heterocycles. The van der Waals surface area contributed by atoms with Crippen LogP contribution in [-0.4, -0.2) is 19.6 Å². The number of rotatable bonds is 2. The van der Waals surface area contributed by atoms with Crippen molar-refractivity contribution in [3.63, 3.8) is 0 Å². The molecule has 0 amide bonds. The van der Waals surface area contributed by atoms with Gasteiger partial charge in [0.05, 0.1) is 13.2 Å². The van der Waals surface area contributed by atoms with Gasteiger partial charge in [-0.25, -0.2) is 0 Å². The highest BCUT2D eigenvalue weighted by atomic mass is 35.5. The van der Waals surface area contributed by atoms with Gasteiger partial charge in [-0.05, 0) is 17.7 Å². The van der Waals surface area contributed by atoms with Gasteiger partial charge in [-0.15, -0.1) is 0 Å². The molecule has 78 valence electrons. The van der Waals surface area contributed by atoms with Crippen LogP contribution in [0.3, 0.4) is 0 Å². The molecule has 0 saturated carbocycles. The zero-order chi connectivity index (χ0) is 10.8. The summed E-state index contributed by atoms with van der Waals surface area (Å²) in [6, 6.07) is 5.32. The van der Waals surface area contributed by atoms with E-state index < -0.39 is 13.1 Å². The number of nitrogens with two attached hydrogens (primary N) is 1. The first-order valence-corrected chi connectivity index (χ1v) is 4.88. The Labute approximate surface area is 92.4 Å². The van der Waals surface area contributed by atoms with Crippen molar-refractivity contribution in [3.8, 4) is 0 Å². The maximum absolute atomic E-state index is 11.0. The van der Waals surface area contributed by atoms with E-state index in [4.69, 9.17) is 26.6 Å². The maximum atomic E-state index is 11.0. The summed E-state index contributed by atoms with van der Waals surface area (Å²) >= 11 is 5.82. The lowest BCUT2D eigenvalue weighted by molar-refractivity contribution is -0.134. The zero-order valence-electron chi connectivity index (χ0n) is 7.90. The maximum Gasteiger partial charge on any atom is 0.565 e. The summed E-state index contributed by atoms with van der Waals surface area (Å²) in [5.41, 5.74) is 6.92. The van der Waals surface area contributed by atoms with Crippen LogP contribution in [0.5, 0.6) is 0 Å². The Hall–Kier alpha value is -1.04. The lowest BCUT2D eigenvalue weighted by Crippen LogP contribution is -2.36. The van der Waals surface area contributed by atoms with Gasteiger partial charge in [0.2, 0.25) is 0 Å². The quantitative estimate of drug-likeness (QED) is 0.724. The van der Waals surface area contributed by atoms with Crippen molar-refractivity contribution in [2.75, 3.05) is 6.54 Å². The molecular formula is C9H9BClNO3. The molecule has 0 saturated heterocycles. The van der Waals surface area contributed by atoms with Crippen LogP contribution in [0.2, 0.25) is 5.02 Å². The zero-order valence-corrected chi connectivity index (χ0v) is 8.66. The Kier molecular flexibility index (Phi) is 2.95. The van der Waals surface area contributed by atoms with Crippen molar-refractivity contribution < 1.29 is 14.1 Å². The average Bonchev–Trinajstić information content (AvgIpc) is 2.60. The van der Waals surface area contributed by atoms with Gasteiger partial charge in [0.25, 0.3) is 0 Å².